The normalized spacial score (nSPS) is 14.2. The zero-order valence-electron chi connectivity index (χ0n) is 19.1. The van der Waals surface area contributed by atoms with Crippen LogP contribution in [0.4, 0.5) is 5.82 Å². The lowest BCUT2D eigenvalue weighted by molar-refractivity contribution is 0.0754. The van der Waals surface area contributed by atoms with E-state index in [0.717, 1.165) is 36.4 Å². The average Bonchev–Trinajstić information content (AvgIpc) is 2.96. The number of aromatic nitrogens is 2. The van der Waals surface area contributed by atoms with Gasteiger partial charge in [-0.25, -0.2) is 9.97 Å². The standard InChI is InChI=1S/C25H29N5O2.H2S/c1-26-13-12-23(20-6-4-3-5-7-20)32-21-10-8-19(9-11-21)17-30-15-14-29(2)24-22(25(30)31)16-27-18-28-24;/h3-11,16,18,23,26H,12-15,17H2,1-2H3;1H2. The molecule has 1 aromatic heterocycles. The number of fused-ring (bicyclic) bond motifs is 1. The van der Waals surface area contributed by atoms with Crippen molar-refractivity contribution in [3.63, 3.8) is 0 Å². The number of amides is 1. The van der Waals surface area contributed by atoms with Gasteiger partial charge in [0.1, 0.15) is 29.6 Å². The van der Waals surface area contributed by atoms with Crippen molar-refractivity contribution in [1.82, 2.24) is 20.2 Å². The van der Waals surface area contributed by atoms with Crippen LogP contribution in [-0.4, -0.2) is 54.5 Å². The molecule has 7 nitrogen and oxygen atoms in total. The highest BCUT2D eigenvalue weighted by atomic mass is 32.1. The van der Waals surface area contributed by atoms with Gasteiger partial charge in [0.05, 0.1) is 0 Å². The van der Waals surface area contributed by atoms with Crippen LogP contribution in [0.25, 0.3) is 0 Å². The van der Waals surface area contributed by atoms with E-state index in [1.165, 1.54) is 6.33 Å². The van der Waals surface area contributed by atoms with Gasteiger partial charge in [-0.05, 0) is 36.9 Å². The molecule has 1 atom stereocenters. The van der Waals surface area contributed by atoms with E-state index in [0.29, 0.717) is 24.5 Å². The molecule has 8 heteroatoms. The summed E-state index contributed by atoms with van der Waals surface area (Å²) < 4.78 is 6.31. The summed E-state index contributed by atoms with van der Waals surface area (Å²) in [6, 6.07) is 18.3. The number of nitrogens with one attached hydrogen (secondary N) is 1. The Morgan fingerprint density at radius 1 is 1.09 bits per heavy atom. The van der Waals surface area contributed by atoms with Gasteiger partial charge in [-0.3, -0.25) is 4.79 Å². The Labute approximate surface area is 202 Å². The molecule has 1 N–H and O–H groups in total. The van der Waals surface area contributed by atoms with Gasteiger partial charge in [0.25, 0.3) is 5.91 Å². The lowest BCUT2D eigenvalue weighted by Crippen LogP contribution is -2.33. The number of anilines is 1. The maximum atomic E-state index is 13.0. The molecule has 0 spiro atoms. The van der Waals surface area contributed by atoms with Crippen LogP contribution in [-0.2, 0) is 6.54 Å². The number of likely N-dealkylation sites (N-methyl/N-ethyl adjacent to an activating group) is 1. The monoisotopic (exact) mass is 465 g/mol. The molecule has 3 aromatic rings. The fourth-order valence-corrected chi connectivity index (χ4v) is 3.87. The van der Waals surface area contributed by atoms with Crippen molar-refractivity contribution in [2.45, 2.75) is 19.1 Å². The van der Waals surface area contributed by atoms with E-state index in [-0.39, 0.29) is 25.5 Å². The van der Waals surface area contributed by atoms with Gasteiger partial charge in [-0.15, -0.1) is 0 Å². The van der Waals surface area contributed by atoms with E-state index >= 15 is 0 Å². The van der Waals surface area contributed by atoms with Crippen molar-refractivity contribution in [2.75, 3.05) is 38.6 Å². The predicted octanol–water partition coefficient (Wildman–Crippen LogP) is 3.41. The van der Waals surface area contributed by atoms with E-state index in [9.17, 15) is 4.79 Å². The summed E-state index contributed by atoms with van der Waals surface area (Å²) in [4.78, 5) is 25.2. The molecular weight excluding hydrogens is 434 g/mol. The molecule has 1 unspecified atom stereocenters. The topological polar surface area (TPSA) is 70.6 Å². The van der Waals surface area contributed by atoms with Crippen LogP contribution in [0.5, 0.6) is 5.75 Å². The Balaban J connectivity index is 0.00000306. The molecule has 1 aliphatic rings. The van der Waals surface area contributed by atoms with Crippen molar-refractivity contribution in [3.8, 4) is 5.75 Å². The number of hydrogen-bond acceptors (Lipinski definition) is 6. The van der Waals surface area contributed by atoms with Gasteiger partial charge < -0.3 is 19.9 Å². The number of hydrogen-bond donors (Lipinski definition) is 1. The average molecular weight is 466 g/mol. The summed E-state index contributed by atoms with van der Waals surface area (Å²) in [5.41, 5.74) is 2.76. The van der Waals surface area contributed by atoms with Crippen molar-refractivity contribution in [1.29, 1.82) is 0 Å². The molecule has 0 saturated heterocycles. The third-order valence-corrected chi connectivity index (χ3v) is 5.68. The molecule has 4 rings (SSSR count). The van der Waals surface area contributed by atoms with E-state index in [1.807, 2.05) is 66.4 Å². The molecule has 0 aliphatic carbocycles. The molecule has 174 valence electrons. The highest BCUT2D eigenvalue weighted by molar-refractivity contribution is 7.59. The summed E-state index contributed by atoms with van der Waals surface area (Å²) in [5, 5.41) is 3.20. The van der Waals surface area contributed by atoms with Gasteiger partial charge >= 0.3 is 0 Å². The fourth-order valence-electron chi connectivity index (χ4n) is 3.87. The Bertz CT molecular complexity index is 1030. The Morgan fingerprint density at radius 2 is 1.85 bits per heavy atom. The maximum Gasteiger partial charge on any atom is 0.259 e. The van der Waals surface area contributed by atoms with Crippen LogP contribution in [0.2, 0.25) is 0 Å². The first-order valence-corrected chi connectivity index (χ1v) is 10.9. The highest BCUT2D eigenvalue weighted by Crippen LogP contribution is 2.26. The molecule has 0 bridgehead atoms. The zero-order valence-corrected chi connectivity index (χ0v) is 20.1. The molecule has 0 fully saturated rings. The predicted molar refractivity (Wildman–Crippen MR) is 135 cm³/mol. The van der Waals surface area contributed by atoms with Gasteiger partial charge in [-0.2, -0.15) is 13.5 Å². The van der Waals surface area contributed by atoms with E-state index in [4.69, 9.17) is 4.74 Å². The molecule has 0 radical (unpaired) electrons. The van der Waals surface area contributed by atoms with Crippen LogP contribution in [0.1, 0.15) is 34.0 Å². The minimum atomic E-state index is -0.0403. The molecule has 2 heterocycles. The van der Waals surface area contributed by atoms with E-state index < -0.39 is 0 Å². The van der Waals surface area contributed by atoms with Gasteiger partial charge in [0, 0.05) is 39.3 Å². The SMILES string of the molecule is CNCCC(Oc1ccc(CN2CCN(C)c3ncncc3C2=O)cc1)c1ccccc1.S. The third-order valence-electron chi connectivity index (χ3n) is 5.68. The number of carbonyl (C=O) groups excluding carboxylic acids is 1. The summed E-state index contributed by atoms with van der Waals surface area (Å²) in [5.74, 6) is 1.46. The summed E-state index contributed by atoms with van der Waals surface area (Å²) in [6.07, 6.45) is 3.94. The molecular formula is C25H31N5O2S. The highest BCUT2D eigenvalue weighted by Gasteiger charge is 2.26. The number of rotatable bonds is 8. The number of nitrogens with zero attached hydrogens (tertiary/aromatic N) is 4. The molecule has 0 saturated carbocycles. The van der Waals surface area contributed by atoms with Crippen LogP contribution in [0.15, 0.2) is 67.1 Å². The Kier molecular flexibility index (Phi) is 8.68. The summed E-state index contributed by atoms with van der Waals surface area (Å²) in [6.45, 7) is 2.75. The van der Waals surface area contributed by atoms with Crippen LogP contribution in [0, 0.1) is 0 Å². The van der Waals surface area contributed by atoms with Crippen molar-refractivity contribution >= 4 is 25.2 Å². The second-order valence-electron chi connectivity index (χ2n) is 7.96. The molecule has 1 amide bonds. The van der Waals surface area contributed by atoms with Crippen molar-refractivity contribution in [2.24, 2.45) is 0 Å². The number of ether oxygens (including phenoxy) is 1. The van der Waals surface area contributed by atoms with Crippen LogP contribution < -0.4 is 15.0 Å². The Morgan fingerprint density at radius 3 is 2.58 bits per heavy atom. The zero-order chi connectivity index (χ0) is 22.3. The fraction of sp³-hybridized carbons (Fsp3) is 0.320. The third kappa shape index (κ3) is 6.03. The maximum absolute atomic E-state index is 13.0. The van der Waals surface area contributed by atoms with Gasteiger partial charge in [-0.1, -0.05) is 42.5 Å². The molecule has 2 aromatic carbocycles. The first kappa shape index (κ1) is 24.5. The van der Waals surface area contributed by atoms with Crippen LogP contribution in [0.3, 0.4) is 0 Å². The van der Waals surface area contributed by atoms with E-state index in [1.54, 1.807) is 6.20 Å². The minimum absolute atomic E-state index is 0. The summed E-state index contributed by atoms with van der Waals surface area (Å²) in [7, 11) is 3.90. The minimum Gasteiger partial charge on any atom is -0.486 e. The second-order valence-corrected chi connectivity index (χ2v) is 7.96. The van der Waals surface area contributed by atoms with Crippen molar-refractivity contribution < 1.29 is 9.53 Å². The Hall–Kier alpha value is -3.10. The number of benzene rings is 2. The second kappa shape index (κ2) is 11.7. The summed E-state index contributed by atoms with van der Waals surface area (Å²) >= 11 is 0. The van der Waals surface area contributed by atoms with Crippen molar-refractivity contribution in [3.05, 3.63) is 83.8 Å². The largest absolute Gasteiger partial charge is 0.486 e. The number of carbonyl (C=O) groups is 1. The van der Waals surface area contributed by atoms with Gasteiger partial charge in [0.15, 0.2) is 0 Å². The first-order chi connectivity index (χ1) is 15.7. The van der Waals surface area contributed by atoms with E-state index in [2.05, 4.69) is 27.4 Å². The lowest BCUT2D eigenvalue weighted by atomic mass is 10.1. The van der Waals surface area contributed by atoms with Gasteiger partial charge in [0.2, 0.25) is 0 Å². The van der Waals surface area contributed by atoms with Crippen LogP contribution >= 0.6 is 13.5 Å². The lowest BCUT2D eigenvalue weighted by Gasteiger charge is -2.22. The first-order valence-electron chi connectivity index (χ1n) is 10.9. The molecule has 1 aliphatic heterocycles. The smallest absolute Gasteiger partial charge is 0.259 e. The molecule has 33 heavy (non-hydrogen) atoms. The quantitative estimate of drug-likeness (QED) is 0.550.